The van der Waals surface area contributed by atoms with E-state index in [1.165, 1.54) is 0 Å². The number of amides is 1. The van der Waals surface area contributed by atoms with E-state index in [1.807, 2.05) is 35.0 Å². The van der Waals surface area contributed by atoms with Gasteiger partial charge in [0.05, 0.1) is 19.3 Å². The monoisotopic (exact) mass is 444 g/mol. The molecule has 2 unspecified atom stereocenters. The molecule has 24 heavy (non-hydrogen) atoms. The van der Waals surface area contributed by atoms with Crippen LogP contribution in [0.2, 0.25) is 0 Å². The van der Waals surface area contributed by atoms with E-state index < -0.39 is 0 Å². The summed E-state index contributed by atoms with van der Waals surface area (Å²) in [6, 6.07) is 10.2. The third-order valence-corrected chi connectivity index (χ3v) is 4.66. The van der Waals surface area contributed by atoms with Crippen molar-refractivity contribution in [2.24, 2.45) is 16.6 Å². The zero-order valence-electron chi connectivity index (χ0n) is 13.9. The molecular formula is C17H25IN4O2. The van der Waals surface area contributed by atoms with Crippen molar-refractivity contribution in [1.82, 2.24) is 9.80 Å². The van der Waals surface area contributed by atoms with Crippen LogP contribution in [0, 0.1) is 5.92 Å². The lowest BCUT2D eigenvalue weighted by Gasteiger charge is -2.28. The fourth-order valence-corrected chi connectivity index (χ4v) is 3.36. The van der Waals surface area contributed by atoms with Gasteiger partial charge in [0.2, 0.25) is 5.91 Å². The number of guanidine groups is 1. The van der Waals surface area contributed by atoms with Gasteiger partial charge in [0.1, 0.15) is 0 Å². The number of hydrogen-bond donors (Lipinski definition) is 1. The summed E-state index contributed by atoms with van der Waals surface area (Å²) in [5, 5.41) is 0. The largest absolute Gasteiger partial charge is 0.378 e. The lowest BCUT2D eigenvalue weighted by atomic mass is 9.94. The van der Waals surface area contributed by atoms with Crippen LogP contribution in [0.4, 0.5) is 0 Å². The SMILES string of the molecule is CN1C(=O)CC(CN=C(N)N2CCOCC2)C1c1ccccc1.I. The second-order valence-corrected chi connectivity index (χ2v) is 6.12. The van der Waals surface area contributed by atoms with Gasteiger partial charge in [-0.2, -0.15) is 0 Å². The zero-order valence-corrected chi connectivity index (χ0v) is 16.3. The number of hydrogen-bond acceptors (Lipinski definition) is 3. The molecule has 0 bridgehead atoms. The summed E-state index contributed by atoms with van der Waals surface area (Å²) in [5.74, 6) is 0.889. The topological polar surface area (TPSA) is 71.2 Å². The van der Waals surface area contributed by atoms with Gasteiger partial charge < -0.3 is 20.3 Å². The number of carbonyl (C=O) groups excluding carboxylic acids is 1. The molecule has 2 N–H and O–H groups in total. The van der Waals surface area contributed by atoms with Crippen molar-refractivity contribution in [3.05, 3.63) is 35.9 Å². The molecule has 0 aromatic heterocycles. The molecule has 2 fully saturated rings. The number of halogens is 1. The molecule has 1 aromatic carbocycles. The maximum absolute atomic E-state index is 12.1. The van der Waals surface area contributed by atoms with Crippen LogP contribution in [-0.4, -0.2) is 61.6 Å². The molecule has 2 heterocycles. The smallest absolute Gasteiger partial charge is 0.223 e. The van der Waals surface area contributed by atoms with Crippen molar-refractivity contribution in [3.63, 3.8) is 0 Å². The Kier molecular flexibility index (Phi) is 6.85. The Labute approximate surface area is 160 Å². The average Bonchev–Trinajstić information content (AvgIpc) is 2.88. The maximum Gasteiger partial charge on any atom is 0.223 e. The average molecular weight is 444 g/mol. The van der Waals surface area contributed by atoms with Gasteiger partial charge in [-0.05, 0) is 5.56 Å². The standard InChI is InChI=1S/C17H24N4O2.HI/c1-20-15(22)11-14(16(20)13-5-3-2-4-6-13)12-19-17(18)21-7-9-23-10-8-21;/h2-6,14,16H,7-12H2,1H3,(H2,18,19);1H. The number of likely N-dealkylation sites (tertiary alicyclic amines) is 1. The van der Waals surface area contributed by atoms with Gasteiger partial charge in [-0.1, -0.05) is 30.3 Å². The van der Waals surface area contributed by atoms with Gasteiger partial charge >= 0.3 is 0 Å². The molecule has 0 aliphatic carbocycles. The highest BCUT2D eigenvalue weighted by Gasteiger charge is 2.38. The first-order valence-corrected chi connectivity index (χ1v) is 8.10. The molecule has 7 heteroatoms. The molecule has 1 aromatic rings. The third kappa shape index (κ3) is 4.18. The maximum atomic E-state index is 12.1. The summed E-state index contributed by atoms with van der Waals surface area (Å²) in [7, 11) is 1.87. The molecule has 1 amide bonds. The molecule has 2 aliphatic heterocycles. The van der Waals surface area contributed by atoms with Crippen LogP contribution in [0.1, 0.15) is 18.0 Å². The molecule has 0 radical (unpaired) electrons. The molecule has 3 rings (SSSR count). The highest BCUT2D eigenvalue weighted by Crippen LogP contribution is 2.36. The minimum atomic E-state index is 0. The second-order valence-electron chi connectivity index (χ2n) is 6.12. The van der Waals surface area contributed by atoms with Crippen LogP contribution in [0.5, 0.6) is 0 Å². The van der Waals surface area contributed by atoms with Crippen LogP contribution in [0.15, 0.2) is 35.3 Å². The van der Waals surface area contributed by atoms with E-state index in [1.54, 1.807) is 0 Å². The summed E-state index contributed by atoms with van der Waals surface area (Å²) in [4.78, 5) is 20.6. The van der Waals surface area contributed by atoms with Crippen molar-refractivity contribution in [1.29, 1.82) is 0 Å². The van der Waals surface area contributed by atoms with Crippen LogP contribution in [-0.2, 0) is 9.53 Å². The van der Waals surface area contributed by atoms with Crippen molar-refractivity contribution < 1.29 is 9.53 Å². The fourth-order valence-electron chi connectivity index (χ4n) is 3.36. The Morgan fingerprint density at radius 3 is 2.62 bits per heavy atom. The summed E-state index contributed by atoms with van der Waals surface area (Å²) in [6.45, 7) is 3.50. The molecule has 2 atom stereocenters. The van der Waals surface area contributed by atoms with E-state index in [2.05, 4.69) is 17.1 Å². The Hall–Kier alpha value is -1.35. The van der Waals surface area contributed by atoms with Gasteiger partial charge in [0.25, 0.3) is 0 Å². The Balaban J connectivity index is 0.00000208. The van der Waals surface area contributed by atoms with E-state index in [0.29, 0.717) is 32.1 Å². The van der Waals surface area contributed by atoms with Crippen LogP contribution < -0.4 is 5.73 Å². The van der Waals surface area contributed by atoms with Crippen LogP contribution >= 0.6 is 24.0 Å². The predicted octanol–water partition coefficient (Wildman–Crippen LogP) is 1.47. The van der Waals surface area contributed by atoms with Crippen molar-refractivity contribution in [2.45, 2.75) is 12.5 Å². The quantitative estimate of drug-likeness (QED) is 0.436. The molecule has 0 saturated carbocycles. The Morgan fingerprint density at radius 1 is 1.29 bits per heavy atom. The van der Waals surface area contributed by atoms with E-state index in [0.717, 1.165) is 18.7 Å². The molecule has 132 valence electrons. The first kappa shape index (κ1) is 19.0. The number of nitrogens with zero attached hydrogens (tertiary/aromatic N) is 3. The van der Waals surface area contributed by atoms with Gasteiger partial charge in [0, 0.05) is 39.0 Å². The minimum Gasteiger partial charge on any atom is -0.378 e. The third-order valence-electron chi connectivity index (χ3n) is 4.66. The van der Waals surface area contributed by atoms with Gasteiger partial charge in [-0.15, -0.1) is 24.0 Å². The highest BCUT2D eigenvalue weighted by molar-refractivity contribution is 14.0. The van der Waals surface area contributed by atoms with Crippen LogP contribution in [0.25, 0.3) is 0 Å². The van der Waals surface area contributed by atoms with E-state index >= 15 is 0 Å². The van der Waals surface area contributed by atoms with Gasteiger partial charge in [0.15, 0.2) is 5.96 Å². The predicted molar refractivity (Wildman–Crippen MR) is 104 cm³/mol. The van der Waals surface area contributed by atoms with Crippen molar-refractivity contribution >= 4 is 35.8 Å². The second kappa shape index (κ2) is 8.66. The number of aliphatic imine (C=N–C) groups is 1. The first-order valence-electron chi connectivity index (χ1n) is 8.10. The number of rotatable bonds is 3. The molecule has 2 saturated heterocycles. The highest BCUT2D eigenvalue weighted by atomic mass is 127. The number of benzene rings is 1. The van der Waals surface area contributed by atoms with Crippen LogP contribution in [0.3, 0.4) is 0 Å². The van der Waals surface area contributed by atoms with Crippen molar-refractivity contribution in [2.75, 3.05) is 39.9 Å². The van der Waals surface area contributed by atoms with E-state index in [9.17, 15) is 4.79 Å². The molecular weight excluding hydrogens is 419 g/mol. The lowest BCUT2D eigenvalue weighted by Crippen LogP contribution is -2.45. The number of carbonyl (C=O) groups is 1. The molecule has 6 nitrogen and oxygen atoms in total. The van der Waals surface area contributed by atoms with Gasteiger partial charge in [-0.25, -0.2) is 0 Å². The number of morpholine rings is 1. The summed E-state index contributed by atoms with van der Waals surface area (Å²) in [6.07, 6.45) is 0.524. The lowest BCUT2D eigenvalue weighted by molar-refractivity contribution is -0.127. The minimum absolute atomic E-state index is 0. The first-order chi connectivity index (χ1) is 11.2. The Morgan fingerprint density at radius 2 is 1.96 bits per heavy atom. The zero-order chi connectivity index (χ0) is 16.2. The van der Waals surface area contributed by atoms with E-state index in [-0.39, 0.29) is 41.8 Å². The molecule has 2 aliphatic rings. The summed E-state index contributed by atoms with van der Waals surface area (Å²) in [5.41, 5.74) is 7.26. The van der Waals surface area contributed by atoms with Gasteiger partial charge in [-0.3, -0.25) is 9.79 Å². The fraction of sp³-hybridized carbons (Fsp3) is 0.529. The van der Waals surface area contributed by atoms with E-state index in [4.69, 9.17) is 10.5 Å². The molecule has 0 spiro atoms. The summed E-state index contributed by atoms with van der Waals surface area (Å²) < 4.78 is 5.33. The number of nitrogens with two attached hydrogens (primary N) is 1. The number of ether oxygens (including phenoxy) is 1. The Bertz CT molecular complexity index is 575. The summed E-state index contributed by atoms with van der Waals surface area (Å²) >= 11 is 0. The normalized spacial score (nSPS) is 24.9. The van der Waals surface area contributed by atoms with Crippen molar-refractivity contribution in [3.8, 4) is 0 Å².